The summed E-state index contributed by atoms with van der Waals surface area (Å²) in [5, 5.41) is 19.7. The van der Waals surface area contributed by atoms with E-state index in [2.05, 4.69) is 5.32 Å². The number of carboxylic acid groups (broad SMARTS) is 1. The average molecular weight is 241 g/mol. The monoisotopic (exact) mass is 241 g/mol. The topological polar surface area (TPSA) is 93.4 Å². The number of rotatable bonds is 7. The number of aliphatic carboxylic acids is 1. The van der Waals surface area contributed by atoms with Gasteiger partial charge in [-0.25, -0.2) is 4.79 Å². The molecule has 1 unspecified atom stereocenters. The Hall–Kier alpha value is -1.77. The van der Waals surface area contributed by atoms with Crippen LogP contribution in [0.2, 0.25) is 0 Å². The van der Waals surface area contributed by atoms with Gasteiger partial charge in [-0.3, -0.25) is 4.79 Å². The molecule has 0 aromatic carbocycles. The van der Waals surface area contributed by atoms with Gasteiger partial charge < -0.3 is 15.3 Å². The van der Waals surface area contributed by atoms with Gasteiger partial charge in [0.15, 0.2) is 0 Å². The van der Waals surface area contributed by atoms with E-state index in [0.29, 0.717) is 26.1 Å². The molecule has 0 rings (SSSR count). The van der Waals surface area contributed by atoms with Crippen LogP contribution in [0.5, 0.6) is 0 Å². The van der Waals surface area contributed by atoms with Crippen LogP contribution in [0.25, 0.3) is 0 Å². The van der Waals surface area contributed by atoms with Crippen molar-refractivity contribution in [2.45, 2.75) is 26.7 Å². The van der Waals surface area contributed by atoms with Crippen LogP contribution in [0.15, 0.2) is 0 Å². The fourth-order valence-corrected chi connectivity index (χ4v) is 1.33. The lowest BCUT2D eigenvalue weighted by molar-refractivity contribution is -0.137. The first kappa shape index (κ1) is 15.2. The Morgan fingerprint density at radius 1 is 1.53 bits per heavy atom. The predicted molar refractivity (Wildman–Crippen MR) is 62.3 cm³/mol. The van der Waals surface area contributed by atoms with Crippen molar-refractivity contribution in [3.63, 3.8) is 0 Å². The van der Waals surface area contributed by atoms with Crippen LogP contribution >= 0.6 is 0 Å². The van der Waals surface area contributed by atoms with Gasteiger partial charge in [0.25, 0.3) is 0 Å². The number of nitriles is 1. The van der Waals surface area contributed by atoms with Crippen LogP contribution < -0.4 is 5.32 Å². The number of nitrogens with zero attached hydrogens (tertiary/aromatic N) is 2. The second-order valence-corrected chi connectivity index (χ2v) is 3.88. The van der Waals surface area contributed by atoms with E-state index < -0.39 is 5.97 Å². The summed E-state index contributed by atoms with van der Waals surface area (Å²) in [7, 11) is 0. The van der Waals surface area contributed by atoms with Gasteiger partial charge in [0.2, 0.25) is 0 Å². The molecule has 0 bridgehead atoms. The average Bonchev–Trinajstić information content (AvgIpc) is 2.26. The first-order chi connectivity index (χ1) is 8.01. The quantitative estimate of drug-likeness (QED) is 0.696. The van der Waals surface area contributed by atoms with Crippen LogP contribution in [0, 0.1) is 17.2 Å². The smallest absolute Gasteiger partial charge is 0.317 e. The molecule has 0 spiro atoms. The molecule has 2 amide bonds. The lowest BCUT2D eigenvalue weighted by atomic mass is 10.1. The van der Waals surface area contributed by atoms with E-state index in [1.165, 1.54) is 4.90 Å². The van der Waals surface area contributed by atoms with Gasteiger partial charge >= 0.3 is 12.0 Å². The number of carbonyl (C=O) groups excluding carboxylic acids is 1. The zero-order valence-corrected chi connectivity index (χ0v) is 10.3. The van der Waals surface area contributed by atoms with E-state index in [0.717, 1.165) is 0 Å². The van der Waals surface area contributed by atoms with Crippen molar-refractivity contribution in [3.05, 3.63) is 0 Å². The first-order valence-electron chi connectivity index (χ1n) is 5.62. The highest BCUT2D eigenvalue weighted by Gasteiger charge is 2.13. The van der Waals surface area contributed by atoms with Crippen LogP contribution in [-0.4, -0.2) is 41.6 Å². The maximum atomic E-state index is 11.6. The van der Waals surface area contributed by atoms with Crippen molar-refractivity contribution >= 4 is 12.0 Å². The van der Waals surface area contributed by atoms with Gasteiger partial charge in [-0.05, 0) is 12.8 Å². The summed E-state index contributed by atoms with van der Waals surface area (Å²) >= 11 is 0. The molecule has 0 aromatic rings. The highest BCUT2D eigenvalue weighted by atomic mass is 16.4. The molecular weight excluding hydrogens is 222 g/mol. The number of amides is 2. The summed E-state index contributed by atoms with van der Waals surface area (Å²) in [6.45, 7) is 4.85. The van der Waals surface area contributed by atoms with E-state index in [1.807, 2.05) is 13.0 Å². The predicted octanol–water partition coefficient (Wildman–Crippen LogP) is 1.04. The summed E-state index contributed by atoms with van der Waals surface area (Å²) in [5.41, 5.74) is 0. The summed E-state index contributed by atoms with van der Waals surface area (Å²) in [6, 6.07) is 1.73. The minimum absolute atomic E-state index is 0.0323. The molecule has 2 N–H and O–H groups in total. The third kappa shape index (κ3) is 7.17. The number of urea groups is 1. The molecule has 0 radical (unpaired) electrons. The second-order valence-electron chi connectivity index (χ2n) is 3.88. The van der Waals surface area contributed by atoms with Crippen molar-refractivity contribution < 1.29 is 14.7 Å². The maximum Gasteiger partial charge on any atom is 0.317 e. The molecule has 0 heterocycles. The van der Waals surface area contributed by atoms with E-state index in [1.54, 1.807) is 6.92 Å². The summed E-state index contributed by atoms with van der Waals surface area (Å²) in [5.74, 6) is -0.977. The fourth-order valence-electron chi connectivity index (χ4n) is 1.33. The van der Waals surface area contributed by atoms with Gasteiger partial charge in [0, 0.05) is 26.1 Å². The maximum absolute atomic E-state index is 11.6. The van der Waals surface area contributed by atoms with E-state index in [9.17, 15) is 9.59 Å². The Kier molecular flexibility index (Phi) is 7.52. The molecule has 96 valence electrons. The molecular formula is C11H19N3O3. The lowest BCUT2D eigenvalue weighted by Crippen LogP contribution is -2.42. The Morgan fingerprint density at radius 2 is 2.18 bits per heavy atom. The van der Waals surface area contributed by atoms with Gasteiger partial charge in [0.1, 0.15) is 0 Å². The minimum atomic E-state index is -0.872. The Bertz CT molecular complexity index is 299. The summed E-state index contributed by atoms with van der Waals surface area (Å²) in [4.78, 5) is 23.6. The minimum Gasteiger partial charge on any atom is -0.481 e. The highest BCUT2D eigenvalue weighted by Crippen LogP contribution is 2.00. The van der Waals surface area contributed by atoms with Gasteiger partial charge in [-0.15, -0.1) is 0 Å². The van der Waals surface area contributed by atoms with E-state index in [-0.39, 0.29) is 18.4 Å². The number of hydrogen-bond acceptors (Lipinski definition) is 3. The van der Waals surface area contributed by atoms with Crippen molar-refractivity contribution in [3.8, 4) is 6.07 Å². The molecule has 0 saturated heterocycles. The molecule has 0 aromatic heterocycles. The van der Waals surface area contributed by atoms with Gasteiger partial charge in [-0.2, -0.15) is 5.26 Å². The second kappa shape index (κ2) is 8.39. The number of carboxylic acids is 1. The summed E-state index contributed by atoms with van der Waals surface area (Å²) < 4.78 is 0. The normalized spacial score (nSPS) is 11.4. The Labute approximate surface area is 101 Å². The molecule has 17 heavy (non-hydrogen) atoms. The highest BCUT2D eigenvalue weighted by molar-refractivity contribution is 5.74. The molecule has 0 fully saturated rings. The van der Waals surface area contributed by atoms with Crippen molar-refractivity contribution in [2.75, 3.05) is 19.6 Å². The lowest BCUT2D eigenvalue weighted by Gasteiger charge is -2.21. The van der Waals surface area contributed by atoms with Gasteiger partial charge in [-0.1, -0.05) is 6.92 Å². The molecule has 0 aliphatic rings. The molecule has 0 aliphatic carbocycles. The molecule has 6 nitrogen and oxygen atoms in total. The van der Waals surface area contributed by atoms with Crippen molar-refractivity contribution in [2.24, 2.45) is 5.92 Å². The molecule has 1 atom stereocenters. The van der Waals surface area contributed by atoms with Crippen LogP contribution in [-0.2, 0) is 4.79 Å². The SMILES string of the molecule is CCN(CCC#N)C(=O)NCC(C)CC(=O)O. The third-order valence-corrected chi connectivity index (χ3v) is 2.29. The Balaban J connectivity index is 3.97. The molecule has 0 saturated carbocycles. The standard InChI is InChI=1S/C11H19N3O3/c1-3-14(6-4-5-12)11(17)13-8-9(2)7-10(15)16/h9H,3-4,6-8H2,1-2H3,(H,13,17)(H,15,16). The number of carbonyl (C=O) groups is 2. The molecule has 6 heteroatoms. The van der Waals surface area contributed by atoms with Gasteiger partial charge in [0.05, 0.1) is 12.5 Å². The van der Waals surface area contributed by atoms with E-state index in [4.69, 9.17) is 10.4 Å². The first-order valence-corrected chi connectivity index (χ1v) is 5.62. The zero-order valence-electron chi connectivity index (χ0n) is 10.3. The number of nitrogens with one attached hydrogen (secondary N) is 1. The third-order valence-electron chi connectivity index (χ3n) is 2.29. The van der Waals surface area contributed by atoms with E-state index >= 15 is 0 Å². The van der Waals surface area contributed by atoms with Crippen LogP contribution in [0.1, 0.15) is 26.7 Å². The van der Waals surface area contributed by atoms with Crippen LogP contribution in [0.4, 0.5) is 4.79 Å². The number of hydrogen-bond donors (Lipinski definition) is 2. The largest absolute Gasteiger partial charge is 0.481 e. The fraction of sp³-hybridized carbons (Fsp3) is 0.727. The summed E-state index contributed by atoms with van der Waals surface area (Å²) in [6.07, 6.45) is 0.330. The van der Waals surface area contributed by atoms with Crippen molar-refractivity contribution in [1.29, 1.82) is 5.26 Å². The van der Waals surface area contributed by atoms with Crippen molar-refractivity contribution in [1.82, 2.24) is 10.2 Å². The Morgan fingerprint density at radius 3 is 2.65 bits per heavy atom. The zero-order chi connectivity index (χ0) is 13.3. The van der Waals surface area contributed by atoms with Crippen LogP contribution in [0.3, 0.4) is 0 Å². The molecule has 0 aliphatic heterocycles.